The molecule has 1 aliphatic heterocycles. The predicted octanol–water partition coefficient (Wildman–Crippen LogP) is 5.39. The third kappa shape index (κ3) is 6.84. The lowest BCUT2D eigenvalue weighted by Crippen LogP contribution is -2.60. The smallest absolute Gasteiger partial charge is 0.333 e. The molecule has 0 radical (unpaired) electrons. The minimum absolute atomic E-state index is 0.351. The van der Waals surface area contributed by atoms with Crippen LogP contribution in [-0.4, -0.2) is 35.3 Å². The van der Waals surface area contributed by atoms with Gasteiger partial charge in [-0.1, -0.05) is 48.6 Å². The van der Waals surface area contributed by atoms with Crippen LogP contribution >= 0.6 is 0 Å². The van der Waals surface area contributed by atoms with Gasteiger partial charge in [0.15, 0.2) is 6.10 Å². The van der Waals surface area contributed by atoms with Crippen molar-refractivity contribution in [3.05, 3.63) is 59.8 Å². The van der Waals surface area contributed by atoms with Crippen LogP contribution in [0.15, 0.2) is 59.8 Å². The summed E-state index contributed by atoms with van der Waals surface area (Å²) in [5, 5.41) is 0. The highest BCUT2D eigenvalue weighted by Crippen LogP contribution is 2.40. The van der Waals surface area contributed by atoms with Gasteiger partial charge in [-0.2, -0.15) is 0 Å². The summed E-state index contributed by atoms with van der Waals surface area (Å²) in [7, 11) is 0. The van der Waals surface area contributed by atoms with Gasteiger partial charge in [0.25, 0.3) is 0 Å². The van der Waals surface area contributed by atoms with Gasteiger partial charge in [-0.05, 0) is 55.4 Å². The van der Waals surface area contributed by atoms with Gasteiger partial charge in [0.05, 0.1) is 5.60 Å². The van der Waals surface area contributed by atoms with E-state index in [1.54, 1.807) is 45.9 Å². The van der Waals surface area contributed by atoms with Crippen molar-refractivity contribution in [1.82, 2.24) is 0 Å². The van der Waals surface area contributed by atoms with Crippen LogP contribution in [0, 0.1) is 0 Å². The maximum atomic E-state index is 12.5. The normalized spacial score (nSPS) is 27.7. The Bertz CT molecular complexity index is 781. The van der Waals surface area contributed by atoms with Crippen LogP contribution in [0.4, 0.5) is 0 Å². The van der Waals surface area contributed by atoms with Gasteiger partial charge >= 0.3 is 11.9 Å². The first-order chi connectivity index (χ1) is 13.9. The van der Waals surface area contributed by atoms with Crippen LogP contribution in [0.25, 0.3) is 0 Å². The molecular weight excluding hydrogens is 380 g/mol. The highest BCUT2D eigenvalue weighted by Gasteiger charge is 2.52. The molecule has 30 heavy (non-hydrogen) atoms. The zero-order valence-electron chi connectivity index (χ0n) is 19.6. The van der Waals surface area contributed by atoms with Gasteiger partial charge in [0.2, 0.25) is 0 Å². The van der Waals surface area contributed by atoms with Crippen molar-refractivity contribution in [2.45, 2.75) is 85.2 Å². The second kappa shape index (κ2) is 10.6. The molecule has 0 aliphatic carbocycles. The van der Waals surface area contributed by atoms with Crippen LogP contribution in [-0.2, 0) is 23.8 Å². The van der Waals surface area contributed by atoms with E-state index in [2.05, 4.69) is 6.58 Å². The molecule has 0 spiro atoms. The number of hydrogen-bond acceptors (Lipinski definition) is 5. The number of ether oxygens (including phenoxy) is 3. The summed E-state index contributed by atoms with van der Waals surface area (Å²) in [4.78, 5) is 25.0. The summed E-state index contributed by atoms with van der Waals surface area (Å²) < 4.78 is 17.9. The van der Waals surface area contributed by atoms with E-state index in [4.69, 9.17) is 14.2 Å². The van der Waals surface area contributed by atoms with Crippen molar-refractivity contribution in [3.63, 3.8) is 0 Å². The summed E-state index contributed by atoms with van der Waals surface area (Å²) in [5.41, 5.74) is 0.404. The van der Waals surface area contributed by atoms with Crippen molar-refractivity contribution in [1.29, 1.82) is 0 Å². The maximum absolute atomic E-state index is 12.5. The van der Waals surface area contributed by atoms with Crippen LogP contribution in [0.5, 0.6) is 0 Å². The fourth-order valence-corrected chi connectivity index (χ4v) is 3.22. The van der Waals surface area contributed by atoms with Crippen LogP contribution < -0.4 is 0 Å². The van der Waals surface area contributed by atoms with Gasteiger partial charge in [-0.15, -0.1) is 0 Å². The Hall–Kier alpha value is -2.40. The average molecular weight is 417 g/mol. The van der Waals surface area contributed by atoms with Gasteiger partial charge in [0, 0.05) is 17.6 Å². The molecule has 5 nitrogen and oxygen atoms in total. The summed E-state index contributed by atoms with van der Waals surface area (Å²) in [6, 6.07) is 0. The SMILES string of the molecule is C=CC(C)=CC=CC1(C)CC(OC(=O)C(C)=CC)C(OC(=O)C(C)=CC)C(C)(C)O1. The van der Waals surface area contributed by atoms with Crippen LogP contribution in [0.2, 0.25) is 0 Å². The molecule has 3 unspecified atom stereocenters. The number of esters is 2. The quantitative estimate of drug-likeness (QED) is 0.316. The van der Waals surface area contributed by atoms with Gasteiger partial charge < -0.3 is 14.2 Å². The Morgan fingerprint density at radius 2 is 1.53 bits per heavy atom. The first-order valence-corrected chi connectivity index (χ1v) is 10.3. The van der Waals surface area contributed by atoms with Crippen LogP contribution in [0.3, 0.4) is 0 Å². The molecule has 0 aromatic carbocycles. The lowest BCUT2D eigenvalue weighted by Gasteiger charge is -2.49. The minimum atomic E-state index is -0.882. The van der Waals surface area contributed by atoms with E-state index >= 15 is 0 Å². The number of allylic oxidation sites excluding steroid dienone is 6. The molecule has 0 N–H and O–H groups in total. The summed E-state index contributed by atoms with van der Waals surface area (Å²) >= 11 is 0. The molecule has 0 bridgehead atoms. The summed E-state index contributed by atoms with van der Waals surface area (Å²) in [6.07, 6.45) is 9.85. The molecule has 0 amide bonds. The first-order valence-electron chi connectivity index (χ1n) is 10.3. The van der Waals surface area contributed by atoms with Crippen molar-refractivity contribution < 1.29 is 23.8 Å². The molecule has 1 heterocycles. The Morgan fingerprint density at radius 3 is 2.03 bits per heavy atom. The molecule has 1 fully saturated rings. The molecular formula is C25H36O5. The lowest BCUT2D eigenvalue weighted by atomic mass is 9.82. The second-order valence-electron chi connectivity index (χ2n) is 8.41. The minimum Gasteiger partial charge on any atom is -0.455 e. The van der Waals surface area contributed by atoms with Crippen LogP contribution in [0.1, 0.15) is 61.8 Å². The molecule has 0 aromatic heterocycles. The third-order valence-corrected chi connectivity index (χ3v) is 5.26. The summed E-state index contributed by atoms with van der Waals surface area (Å²) in [6.45, 7) is 18.2. The predicted molar refractivity (Wildman–Crippen MR) is 120 cm³/mol. The summed E-state index contributed by atoms with van der Waals surface area (Å²) in [5.74, 6) is -0.885. The van der Waals surface area contributed by atoms with E-state index in [0.717, 1.165) is 5.57 Å². The molecule has 0 aromatic rings. The molecule has 1 aliphatic rings. The lowest BCUT2D eigenvalue weighted by molar-refractivity contribution is -0.247. The molecule has 3 atom stereocenters. The third-order valence-electron chi connectivity index (χ3n) is 5.26. The largest absolute Gasteiger partial charge is 0.455 e. The monoisotopic (exact) mass is 416 g/mol. The highest BCUT2D eigenvalue weighted by atomic mass is 16.6. The Balaban J connectivity index is 3.29. The van der Waals surface area contributed by atoms with Crippen molar-refractivity contribution >= 4 is 11.9 Å². The van der Waals surface area contributed by atoms with E-state index in [1.165, 1.54) is 0 Å². The zero-order valence-corrected chi connectivity index (χ0v) is 19.6. The number of rotatable bonds is 7. The van der Waals surface area contributed by atoms with Crippen molar-refractivity contribution in [3.8, 4) is 0 Å². The first kappa shape index (κ1) is 25.6. The Morgan fingerprint density at radius 1 is 1.00 bits per heavy atom. The molecule has 5 heteroatoms. The average Bonchev–Trinajstić information content (AvgIpc) is 2.68. The maximum Gasteiger partial charge on any atom is 0.333 e. The van der Waals surface area contributed by atoms with E-state index in [-0.39, 0.29) is 0 Å². The van der Waals surface area contributed by atoms with Crippen molar-refractivity contribution in [2.75, 3.05) is 0 Å². The fourth-order valence-electron chi connectivity index (χ4n) is 3.22. The van der Waals surface area contributed by atoms with Gasteiger partial charge in [0.1, 0.15) is 11.7 Å². The standard InChI is InChI=1S/C25H36O5/c1-10-17(4)14-13-15-25(9)16-20(28-22(26)18(5)11-2)21(24(7,8)30-25)29-23(27)19(6)12-3/h10-15,20-21H,1,16H2,2-9H3. The zero-order chi connectivity index (χ0) is 23.1. The van der Waals surface area contributed by atoms with Gasteiger partial charge in [-0.3, -0.25) is 0 Å². The molecule has 166 valence electrons. The highest BCUT2D eigenvalue weighted by molar-refractivity contribution is 5.88. The molecule has 1 saturated heterocycles. The number of carbonyl (C=O) groups excluding carboxylic acids is 2. The van der Waals surface area contributed by atoms with E-state index in [9.17, 15) is 9.59 Å². The van der Waals surface area contributed by atoms with E-state index < -0.39 is 35.3 Å². The van der Waals surface area contributed by atoms with Crippen molar-refractivity contribution in [2.24, 2.45) is 0 Å². The second-order valence-corrected chi connectivity index (χ2v) is 8.41. The topological polar surface area (TPSA) is 61.8 Å². The number of carbonyl (C=O) groups is 2. The van der Waals surface area contributed by atoms with E-state index in [1.807, 2.05) is 45.9 Å². The fraction of sp³-hybridized carbons (Fsp3) is 0.520. The Kier molecular flexibility index (Phi) is 9.04. The van der Waals surface area contributed by atoms with Gasteiger partial charge in [-0.25, -0.2) is 9.59 Å². The Labute approximate surface area is 181 Å². The molecule has 0 saturated carbocycles. The van der Waals surface area contributed by atoms with E-state index in [0.29, 0.717) is 17.6 Å². The number of hydrogen-bond donors (Lipinski definition) is 0. The molecule has 1 rings (SSSR count).